The minimum absolute atomic E-state index is 0.00325. The topological polar surface area (TPSA) is 74.6 Å². The van der Waals surface area contributed by atoms with Crippen LogP contribution in [0.4, 0.5) is 0 Å². The van der Waals surface area contributed by atoms with Crippen LogP contribution in [0, 0.1) is 0 Å². The van der Waals surface area contributed by atoms with Crippen molar-refractivity contribution in [2.45, 2.75) is 25.4 Å². The molecule has 0 amide bonds. The standard InChI is InChI=1S/C19H19O4/c1-13(22)19(16-4-2-14(12-21)3-5-16)17-8-6-15(7-9-17)18(23)10-11-20/h2-9,18-20,23H,10-11H2,1H3/t18-,19?/m1/s1. The maximum absolute atomic E-state index is 12.1. The van der Waals surface area contributed by atoms with Crippen LogP contribution in [0.5, 0.6) is 0 Å². The molecule has 0 bridgehead atoms. The molecule has 2 N–H and O–H groups in total. The van der Waals surface area contributed by atoms with Crippen LogP contribution < -0.4 is 0 Å². The minimum atomic E-state index is -0.716. The average molecular weight is 311 g/mol. The van der Waals surface area contributed by atoms with E-state index in [1.165, 1.54) is 6.92 Å². The van der Waals surface area contributed by atoms with E-state index in [1.807, 2.05) is 18.4 Å². The molecule has 0 fully saturated rings. The van der Waals surface area contributed by atoms with Gasteiger partial charge in [0.15, 0.2) is 0 Å². The first-order chi connectivity index (χ1) is 11.1. The molecule has 2 rings (SSSR count). The molecule has 23 heavy (non-hydrogen) atoms. The number of aliphatic hydroxyl groups excluding tert-OH is 2. The highest BCUT2D eigenvalue weighted by molar-refractivity contribution is 5.87. The molecule has 2 aromatic rings. The number of benzene rings is 2. The van der Waals surface area contributed by atoms with Crippen LogP contribution in [-0.4, -0.2) is 28.9 Å². The zero-order valence-corrected chi connectivity index (χ0v) is 12.9. The van der Waals surface area contributed by atoms with Crippen LogP contribution in [-0.2, 0) is 9.59 Å². The van der Waals surface area contributed by atoms with Gasteiger partial charge in [-0.3, -0.25) is 9.59 Å². The largest absolute Gasteiger partial charge is 0.396 e. The Bertz CT molecular complexity index is 659. The van der Waals surface area contributed by atoms with Crippen molar-refractivity contribution in [3.63, 3.8) is 0 Å². The van der Waals surface area contributed by atoms with Gasteiger partial charge in [-0.2, -0.15) is 0 Å². The van der Waals surface area contributed by atoms with Crippen LogP contribution in [0.25, 0.3) is 0 Å². The molecule has 2 atom stereocenters. The van der Waals surface area contributed by atoms with Crippen molar-refractivity contribution in [2.75, 3.05) is 6.61 Å². The maximum Gasteiger partial charge on any atom is 0.233 e. The zero-order valence-electron chi connectivity index (χ0n) is 12.9. The molecule has 4 heteroatoms. The molecule has 0 saturated heterocycles. The first-order valence-corrected chi connectivity index (χ1v) is 7.44. The van der Waals surface area contributed by atoms with Gasteiger partial charge in [0.2, 0.25) is 6.29 Å². The van der Waals surface area contributed by atoms with Crippen LogP contribution in [0.3, 0.4) is 0 Å². The number of Topliss-reactive ketones (excluding diaryl/α,β-unsaturated/α-hetero) is 1. The Morgan fingerprint density at radius 1 is 1.00 bits per heavy atom. The van der Waals surface area contributed by atoms with E-state index in [0.29, 0.717) is 11.1 Å². The summed E-state index contributed by atoms with van der Waals surface area (Å²) in [6.07, 6.45) is 1.37. The number of carbonyl (C=O) groups excluding carboxylic acids is 2. The molecular formula is C19H19O4. The Balaban J connectivity index is 2.30. The Labute approximate surface area is 135 Å². The quantitative estimate of drug-likeness (QED) is 0.822. The van der Waals surface area contributed by atoms with E-state index in [4.69, 9.17) is 5.11 Å². The van der Waals surface area contributed by atoms with Gasteiger partial charge in [0, 0.05) is 18.6 Å². The fraction of sp³-hybridized carbons (Fsp3) is 0.263. The van der Waals surface area contributed by atoms with E-state index in [0.717, 1.165) is 11.1 Å². The van der Waals surface area contributed by atoms with Crippen LogP contribution in [0.2, 0.25) is 0 Å². The zero-order chi connectivity index (χ0) is 16.8. The molecule has 0 aliphatic heterocycles. The predicted octanol–water partition coefficient (Wildman–Crippen LogP) is 2.28. The fourth-order valence-electron chi connectivity index (χ4n) is 2.61. The highest BCUT2D eigenvalue weighted by Gasteiger charge is 2.19. The van der Waals surface area contributed by atoms with Gasteiger partial charge in [0.25, 0.3) is 0 Å². The maximum atomic E-state index is 12.1. The molecule has 4 nitrogen and oxygen atoms in total. The third-order valence-electron chi connectivity index (χ3n) is 3.83. The molecule has 0 heterocycles. The second-order valence-corrected chi connectivity index (χ2v) is 5.46. The molecule has 0 aliphatic carbocycles. The number of hydrogen-bond donors (Lipinski definition) is 2. The lowest BCUT2D eigenvalue weighted by atomic mass is 9.87. The normalized spacial score (nSPS) is 13.3. The van der Waals surface area contributed by atoms with Gasteiger partial charge in [0.1, 0.15) is 5.78 Å². The lowest BCUT2D eigenvalue weighted by Crippen LogP contribution is -2.11. The summed E-state index contributed by atoms with van der Waals surface area (Å²) in [5.74, 6) is -0.420. The molecule has 0 aromatic heterocycles. The second-order valence-electron chi connectivity index (χ2n) is 5.46. The Hall–Kier alpha value is -2.30. The molecule has 1 radical (unpaired) electrons. The van der Waals surface area contributed by atoms with Crippen molar-refractivity contribution in [3.8, 4) is 0 Å². The number of rotatable bonds is 7. The van der Waals surface area contributed by atoms with E-state index in [9.17, 15) is 14.7 Å². The Morgan fingerprint density at radius 2 is 1.48 bits per heavy atom. The molecular weight excluding hydrogens is 292 g/mol. The second kappa shape index (κ2) is 7.81. The highest BCUT2D eigenvalue weighted by atomic mass is 16.3. The van der Waals surface area contributed by atoms with E-state index in [2.05, 4.69) is 0 Å². The summed E-state index contributed by atoms with van der Waals surface area (Å²) in [6.45, 7) is 1.44. The van der Waals surface area contributed by atoms with Gasteiger partial charge in [0.05, 0.1) is 12.0 Å². The SMILES string of the molecule is CC(=O)C(c1ccc([C]=O)cc1)c1ccc([C@H](O)CCO)cc1. The van der Waals surface area contributed by atoms with Crippen molar-refractivity contribution in [2.24, 2.45) is 0 Å². The summed E-state index contributed by atoms with van der Waals surface area (Å²) >= 11 is 0. The monoisotopic (exact) mass is 311 g/mol. The van der Waals surface area contributed by atoms with Gasteiger partial charge in [-0.25, -0.2) is 0 Å². The van der Waals surface area contributed by atoms with E-state index in [-0.39, 0.29) is 18.8 Å². The number of carbonyl (C=O) groups is 1. The van der Waals surface area contributed by atoms with E-state index in [1.54, 1.807) is 36.4 Å². The third kappa shape index (κ3) is 4.12. The number of hydrogen-bond acceptors (Lipinski definition) is 4. The van der Waals surface area contributed by atoms with Crippen LogP contribution in [0.15, 0.2) is 48.5 Å². The average Bonchev–Trinajstić information content (AvgIpc) is 2.56. The van der Waals surface area contributed by atoms with Gasteiger partial charge in [-0.05, 0) is 23.6 Å². The lowest BCUT2D eigenvalue weighted by molar-refractivity contribution is -0.117. The molecule has 0 saturated carbocycles. The molecule has 2 aromatic carbocycles. The first-order valence-electron chi connectivity index (χ1n) is 7.44. The summed E-state index contributed by atoms with van der Waals surface area (Å²) < 4.78 is 0. The van der Waals surface area contributed by atoms with Gasteiger partial charge in [-0.1, -0.05) is 48.5 Å². The first kappa shape index (κ1) is 17.1. The lowest BCUT2D eigenvalue weighted by Gasteiger charge is -2.16. The van der Waals surface area contributed by atoms with Crippen molar-refractivity contribution in [3.05, 3.63) is 70.8 Å². The predicted molar refractivity (Wildman–Crippen MR) is 86.9 cm³/mol. The summed E-state index contributed by atoms with van der Waals surface area (Å²) in [5.41, 5.74) is 2.77. The van der Waals surface area contributed by atoms with Crippen molar-refractivity contribution < 1.29 is 19.8 Å². The summed E-state index contributed by atoms with van der Waals surface area (Å²) in [5, 5.41) is 18.7. The third-order valence-corrected chi connectivity index (χ3v) is 3.83. The van der Waals surface area contributed by atoms with Crippen LogP contribution in [0.1, 0.15) is 47.6 Å². The molecule has 1 unspecified atom stereocenters. The number of aliphatic hydroxyl groups is 2. The summed E-state index contributed by atoms with van der Waals surface area (Å²) in [6, 6.07) is 13.9. The van der Waals surface area contributed by atoms with Crippen molar-refractivity contribution >= 4 is 12.1 Å². The van der Waals surface area contributed by atoms with E-state index >= 15 is 0 Å². The van der Waals surface area contributed by atoms with Gasteiger partial charge >= 0.3 is 0 Å². The molecule has 0 aliphatic rings. The Morgan fingerprint density at radius 3 is 1.91 bits per heavy atom. The Kier molecular flexibility index (Phi) is 5.79. The van der Waals surface area contributed by atoms with Crippen molar-refractivity contribution in [1.82, 2.24) is 0 Å². The molecule has 119 valence electrons. The summed E-state index contributed by atoms with van der Waals surface area (Å²) in [7, 11) is 0. The number of ketones is 1. The van der Waals surface area contributed by atoms with Crippen LogP contribution >= 0.6 is 0 Å². The van der Waals surface area contributed by atoms with E-state index < -0.39 is 12.0 Å². The highest BCUT2D eigenvalue weighted by Crippen LogP contribution is 2.27. The van der Waals surface area contributed by atoms with Gasteiger partial charge < -0.3 is 10.2 Å². The summed E-state index contributed by atoms with van der Waals surface area (Å²) in [4.78, 5) is 22.7. The fourth-order valence-corrected chi connectivity index (χ4v) is 2.61. The minimum Gasteiger partial charge on any atom is -0.396 e. The molecule has 0 spiro atoms. The smallest absolute Gasteiger partial charge is 0.233 e. The van der Waals surface area contributed by atoms with Gasteiger partial charge in [-0.15, -0.1) is 0 Å². The van der Waals surface area contributed by atoms with Crippen molar-refractivity contribution in [1.29, 1.82) is 0 Å².